The fraction of sp³-hybridized carbons (Fsp3) is 0.333. The number of methoxy groups -OCH3 is 2. The van der Waals surface area contributed by atoms with Crippen molar-refractivity contribution in [3.05, 3.63) is 47.1 Å². The lowest BCUT2D eigenvalue weighted by Gasteiger charge is -2.46. The number of carbonyl (C=O) groups excluding carboxylic acids is 2. The van der Waals surface area contributed by atoms with E-state index in [1.54, 1.807) is 32.4 Å². The Balaban J connectivity index is 1.98. The van der Waals surface area contributed by atoms with Gasteiger partial charge in [-0.3, -0.25) is 9.59 Å². The SMILES string of the molecule is COc1cc2c(cc1OC)[C@@]13CC(=O)C=CC1=CC(=O)N3CC2. The normalized spacial score (nSPS) is 24.8. The molecule has 0 aromatic heterocycles. The number of ketones is 1. The molecule has 2 aliphatic heterocycles. The average Bonchev–Trinajstić information content (AvgIpc) is 2.85. The van der Waals surface area contributed by atoms with Crippen molar-refractivity contribution in [2.24, 2.45) is 0 Å². The van der Waals surface area contributed by atoms with Crippen molar-refractivity contribution in [1.82, 2.24) is 4.90 Å². The van der Waals surface area contributed by atoms with Crippen molar-refractivity contribution in [1.29, 1.82) is 0 Å². The van der Waals surface area contributed by atoms with Crippen LogP contribution in [-0.4, -0.2) is 37.4 Å². The summed E-state index contributed by atoms with van der Waals surface area (Å²) < 4.78 is 10.8. The van der Waals surface area contributed by atoms with E-state index in [2.05, 4.69) is 0 Å². The molecule has 0 fully saturated rings. The lowest BCUT2D eigenvalue weighted by atomic mass is 9.72. The Hall–Kier alpha value is -2.56. The van der Waals surface area contributed by atoms with Crippen LogP contribution in [0.2, 0.25) is 0 Å². The summed E-state index contributed by atoms with van der Waals surface area (Å²) in [5.74, 6) is 1.29. The third-order valence-corrected chi connectivity index (χ3v) is 5.02. The molecule has 0 saturated heterocycles. The topological polar surface area (TPSA) is 55.8 Å². The van der Waals surface area contributed by atoms with Gasteiger partial charge in [0, 0.05) is 19.0 Å². The summed E-state index contributed by atoms with van der Waals surface area (Å²) in [7, 11) is 3.19. The minimum atomic E-state index is -0.684. The summed E-state index contributed by atoms with van der Waals surface area (Å²) in [6, 6.07) is 3.88. The van der Waals surface area contributed by atoms with Crippen molar-refractivity contribution >= 4 is 11.7 Å². The molecule has 1 atom stereocenters. The molecule has 1 aromatic carbocycles. The molecule has 1 aliphatic carbocycles. The first-order valence-electron chi connectivity index (χ1n) is 7.60. The van der Waals surface area contributed by atoms with Crippen LogP contribution < -0.4 is 9.47 Å². The van der Waals surface area contributed by atoms with Crippen molar-refractivity contribution in [3.8, 4) is 11.5 Å². The second kappa shape index (κ2) is 4.72. The number of nitrogens with zero attached hydrogens (tertiary/aromatic N) is 1. The van der Waals surface area contributed by atoms with E-state index in [4.69, 9.17) is 9.47 Å². The number of benzene rings is 1. The molecular weight excluding hydrogens is 294 g/mol. The zero-order valence-corrected chi connectivity index (χ0v) is 13.1. The number of allylic oxidation sites excluding steroid dienone is 1. The maximum Gasteiger partial charge on any atom is 0.247 e. The van der Waals surface area contributed by atoms with E-state index in [0.717, 1.165) is 23.1 Å². The van der Waals surface area contributed by atoms with Crippen LogP contribution in [0.15, 0.2) is 35.9 Å². The Morgan fingerprint density at radius 3 is 2.57 bits per heavy atom. The van der Waals surface area contributed by atoms with Crippen LogP contribution in [0, 0.1) is 0 Å². The summed E-state index contributed by atoms with van der Waals surface area (Å²) in [5.41, 5.74) is 2.27. The van der Waals surface area contributed by atoms with Gasteiger partial charge in [0.25, 0.3) is 0 Å². The predicted molar refractivity (Wildman–Crippen MR) is 83.5 cm³/mol. The molecule has 0 radical (unpaired) electrons. The zero-order valence-electron chi connectivity index (χ0n) is 13.1. The first-order chi connectivity index (χ1) is 11.1. The van der Waals surface area contributed by atoms with E-state index in [-0.39, 0.29) is 18.1 Å². The number of hydrogen-bond donors (Lipinski definition) is 0. The van der Waals surface area contributed by atoms with Gasteiger partial charge in [0.15, 0.2) is 17.3 Å². The van der Waals surface area contributed by atoms with Crippen molar-refractivity contribution in [3.63, 3.8) is 0 Å². The van der Waals surface area contributed by atoms with Crippen LogP contribution in [0.5, 0.6) is 11.5 Å². The van der Waals surface area contributed by atoms with Gasteiger partial charge in [-0.2, -0.15) is 0 Å². The monoisotopic (exact) mass is 311 g/mol. The number of rotatable bonds is 2. The van der Waals surface area contributed by atoms with Crippen molar-refractivity contribution in [2.75, 3.05) is 20.8 Å². The molecule has 1 aromatic rings. The number of carbonyl (C=O) groups is 2. The molecule has 4 rings (SSSR count). The predicted octanol–water partition coefficient (Wildman–Crippen LogP) is 1.75. The molecule has 1 amide bonds. The summed E-state index contributed by atoms with van der Waals surface area (Å²) in [4.78, 5) is 26.4. The largest absolute Gasteiger partial charge is 0.493 e. The van der Waals surface area contributed by atoms with Gasteiger partial charge in [-0.05, 0) is 41.3 Å². The molecule has 0 bridgehead atoms. The summed E-state index contributed by atoms with van der Waals surface area (Å²) >= 11 is 0. The van der Waals surface area contributed by atoms with Gasteiger partial charge < -0.3 is 14.4 Å². The molecule has 23 heavy (non-hydrogen) atoms. The Labute approximate surface area is 134 Å². The molecular formula is C18H17NO4. The van der Waals surface area contributed by atoms with Crippen LogP contribution in [0.1, 0.15) is 17.5 Å². The van der Waals surface area contributed by atoms with Gasteiger partial charge in [0.2, 0.25) is 5.91 Å². The summed E-state index contributed by atoms with van der Waals surface area (Å²) in [6.07, 6.45) is 6.00. The first-order valence-corrected chi connectivity index (χ1v) is 7.60. The van der Waals surface area contributed by atoms with Gasteiger partial charge >= 0.3 is 0 Å². The van der Waals surface area contributed by atoms with E-state index in [9.17, 15) is 9.59 Å². The Morgan fingerprint density at radius 2 is 1.83 bits per heavy atom. The lowest BCUT2D eigenvalue weighted by Crippen LogP contribution is -2.51. The Morgan fingerprint density at radius 1 is 1.09 bits per heavy atom. The number of ether oxygens (including phenoxy) is 2. The first kappa shape index (κ1) is 14.1. The van der Waals surface area contributed by atoms with Crippen LogP contribution in [0.4, 0.5) is 0 Å². The molecule has 0 unspecified atom stereocenters. The highest BCUT2D eigenvalue weighted by atomic mass is 16.5. The van der Waals surface area contributed by atoms with E-state index in [1.807, 2.05) is 17.0 Å². The maximum atomic E-state index is 12.4. The number of hydrogen-bond acceptors (Lipinski definition) is 4. The molecule has 118 valence electrons. The Kier molecular flexibility index (Phi) is 2.88. The number of amides is 1. The van der Waals surface area contributed by atoms with Gasteiger partial charge in [-0.1, -0.05) is 6.08 Å². The van der Waals surface area contributed by atoms with Gasteiger partial charge in [0.05, 0.1) is 14.2 Å². The fourth-order valence-electron chi connectivity index (χ4n) is 3.99. The zero-order chi connectivity index (χ0) is 16.2. The quantitative estimate of drug-likeness (QED) is 0.835. The third kappa shape index (κ3) is 1.73. The minimum absolute atomic E-state index is 0.0280. The van der Waals surface area contributed by atoms with E-state index < -0.39 is 5.54 Å². The second-order valence-corrected chi connectivity index (χ2v) is 6.04. The third-order valence-electron chi connectivity index (χ3n) is 5.02. The molecule has 2 heterocycles. The standard InChI is InChI=1S/C18H17NO4/c1-22-15-7-11-5-6-19-17(21)8-12-3-4-13(20)10-18(12,19)14(11)9-16(15)23-2/h3-4,7-9H,5-6,10H2,1-2H3/t18-/m1/s1. The minimum Gasteiger partial charge on any atom is -0.493 e. The van der Waals surface area contributed by atoms with Gasteiger partial charge in [-0.25, -0.2) is 0 Å². The van der Waals surface area contributed by atoms with Gasteiger partial charge in [-0.15, -0.1) is 0 Å². The maximum absolute atomic E-state index is 12.4. The van der Waals surface area contributed by atoms with E-state index in [0.29, 0.717) is 18.0 Å². The second-order valence-electron chi connectivity index (χ2n) is 6.04. The van der Waals surface area contributed by atoms with Crippen LogP contribution in [-0.2, 0) is 21.5 Å². The highest BCUT2D eigenvalue weighted by Crippen LogP contribution is 2.51. The number of fused-ring (bicyclic) bond motifs is 1. The lowest BCUT2D eigenvalue weighted by molar-refractivity contribution is -0.131. The summed E-state index contributed by atoms with van der Waals surface area (Å²) in [6.45, 7) is 0.600. The average molecular weight is 311 g/mol. The van der Waals surface area contributed by atoms with E-state index in [1.165, 1.54) is 0 Å². The highest BCUT2D eigenvalue weighted by Gasteiger charge is 2.53. The van der Waals surface area contributed by atoms with Crippen LogP contribution >= 0.6 is 0 Å². The highest BCUT2D eigenvalue weighted by molar-refractivity contribution is 6.01. The van der Waals surface area contributed by atoms with Gasteiger partial charge in [0.1, 0.15) is 5.54 Å². The van der Waals surface area contributed by atoms with E-state index >= 15 is 0 Å². The molecule has 0 N–H and O–H groups in total. The smallest absolute Gasteiger partial charge is 0.247 e. The fourth-order valence-corrected chi connectivity index (χ4v) is 3.99. The molecule has 5 heteroatoms. The van der Waals surface area contributed by atoms with Crippen LogP contribution in [0.3, 0.4) is 0 Å². The molecule has 3 aliphatic rings. The Bertz CT molecular complexity index is 792. The van der Waals surface area contributed by atoms with Crippen LogP contribution in [0.25, 0.3) is 0 Å². The molecule has 1 spiro atoms. The molecule has 5 nitrogen and oxygen atoms in total. The molecule has 0 saturated carbocycles. The van der Waals surface area contributed by atoms with Crippen molar-refractivity contribution in [2.45, 2.75) is 18.4 Å². The summed E-state index contributed by atoms with van der Waals surface area (Å²) in [5, 5.41) is 0. The van der Waals surface area contributed by atoms with Crippen molar-refractivity contribution < 1.29 is 19.1 Å².